The van der Waals surface area contributed by atoms with E-state index in [-0.39, 0.29) is 12.1 Å². The van der Waals surface area contributed by atoms with Crippen LogP contribution in [-0.2, 0) is 4.74 Å². The Morgan fingerprint density at radius 1 is 1.19 bits per heavy atom. The van der Waals surface area contributed by atoms with Crippen molar-refractivity contribution in [2.24, 2.45) is 0 Å². The van der Waals surface area contributed by atoms with Crippen molar-refractivity contribution >= 4 is 29.1 Å². The van der Waals surface area contributed by atoms with Crippen molar-refractivity contribution < 1.29 is 14.3 Å². The third kappa shape index (κ3) is 7.07. The lowest BCUT2D eigenvalue weighted by Crippen LogP contribution is -2.42. The van der Waals surface area contributed by atoms with E-state index in [2.05, 4.69) is 10.2 Å². The van der Waals surface area contributed by atoms with Crippen molar-refractivity contribution in [1.29, 1.82) is 0 Å². The molecule has 2 heterocycles. The van der Waals surface area contributed by atoms with Gasteiger partial charge in [-0.25, -0.2) is 4.79 Å². The molecule has 174 valence electrons. The van der Waals surface area contributed by atoms with Crippen molar-refractivity contribution in [2.75, 3.05) is 50.4 Å². The standard InChI is InChI=1S/C23H37ClN4O3/c1-23(2,3)31-22(29)28-13-5-4-8-17(16-28)26-21-18(25)9-10-19(20(21)24)30-15-14-27-11-6-7-12-27/h9-10,17,26H,4-8,11-16,25H2,1-3H3/t17-/m1/s1. The van der Waals surface area contributed by atoms with Gasteiger partial charge < -0.3 is 25.4 Å². The number of hydrogen-bond donors (Lipinski definition) is 2. The molecule has 3 N–H and O–H groups in total. The van der Waals surface area contributed by atoms with Gasteiger partial charge in [0.15, 0.2) is 0 Å². The molecule has 7 nitrogen and oxygen atoms in total. The van der Waals surface area contributed by atoms with Gasteiger partial charge in [0.05, 0.1) is 11.4 Å². The summed E-state index contributed by atoms with van der Waals surface area (Å²) in [6.45, 7) is 10.7. The van der Waals surface area contributed by atoms with Gasteiger partial charge in [0, 0.05) is 25.7 Å². The van der Waals surface area contributed by atoms with Crippen molar-refractivity contribution in [2.45, 2.75) is 64.5 Å². The van der Waals surface area contributed by atoms with Crippen LogP contribution in [0, 0.1) is 0 Å². The zero-order valence-corrected chi connectivity index (χ0v) is 19.8. The lowest BCUT2D eigenvalue weighted by Gasteiger charge is -2.29. The zero-order valence-electron chi connectivity index (χ0n) is 19.1. The maximum atomic E-state index is 12.6. The molecule has 2 aliphatic rings. The molecule has 0 bridgehead atoms. The van der Waals surface area contributed by atoms with Crippen LogP contribution in [0.25, 0.3) is 0 Å². The van der Waals surface area contributed by atoms with Gasteiger partial charge in [0.2, 0.25) is 0 Å². The van der Waals surface area contributed by atoms with Gasteiger partial charge >= 0.3 is 6.09 Å². The van der Waals surface area contributed by atoms with Gasteiger partial charge in [-0.3, -0.25) is 4.90 Å². The average Bonchev–Trinajstić information content (AvgIpc) is 3.09. The van der Waals surface area contributed by atoms with E-state index in [4.69, 9.17) is 26.8 Å². The quantitative estimate of drug-likeness (QED) is 0.614. The number of benzene rings is 1. The van der Waals surface area contributed by atoms with Gasteiger partial charge in [-0.2, -0.15) is 0 Å². The molecule has 1 aromatic carbocycles. The SMILES string of the molecule is CC(C)(C)OC(=O)N1CCCC[C@@H](Nc2c(N)ccc(OCCN3CCCC3)c2Cl)C1. The number of nitrogens with two attached hydrogens (primary N) is 1. The van der Waals surface area contributed by atoms with E-state index in [0.717, 1.165) is 38.9 Å². The third-order valence-electron chi connectivity index (χ3n) is 5.67. The fraction of sp³-hybridized carbons (Fsp3) is 0.696. The van der Waals surface area contributed by atoms with E-state index in [9.17, 15) is 4.79 Å². The van der Waals surface area contributed by atoms with Crippen LogP contribution in [0.3, 0.4) is 0 Å². The number of amides is 1. The van der Waals surface area contributed by atoms with Gasteiger partial charge in [-0.15, -0.1) is 0 Å². The molecule has 0 aliphatic carbocycles. The second-order valence-corrected chi connectivity index (χ2v) is 9.88. The topological polar surface area (TPSA) is 80.1 Å². The number of hydrogen-bond acceptors (Lipinski definition) is 6. The number of nitrogens with one attached hydrogen (secondary N) is 1. The number of anilines is 2. The first-order valence-electron chi connectivity index (χ1n) is 11.4. The monoisotopic (exact) mass is 452 g/mol. The van der Waals surface area contributed by atoms with Crippen molar-refractivity contribution in [1.82, 2.24) is 9.80 Å². The van der Waals surface area contributed by atoms with E-state index in [1.807, 2.05) is 32.9 Å². The number of nitrogens with zero attached hydrogens (tertiary/aromatic N) is 2. The summed E-state index contributed by atoms with van der Waals surface area (Å²) in [6, 6.07) is 3.68. The molecule has 0 unspecified atom stereocenters. The van der Waals surface area contributed by atoms with Crippen LogP contribution in [0.4, 0.5) is 16.2 Å². The van der Waals surface area contributed by atoms with Crippen LogP contribution in [0.2, 0.25) is 5.02 Å². The molecule has 1 atom stereocenters. The fourth-order valence-electron chi connectivity index (χ4n) is 4.08. The predicted octanol–water partition coefficient (Wildman–Crippen LogP) is 4.60. The van der Waals surface area contributed by atoms with Crippen molar-refractivity contribution in [3.05, 3.63) is 17.2 Å². The molecule has 31 heavy (non-hydrogen) atoms. The van der Waals surface area contributed by atoms with Crippen LogP contribution in [0.15, 0.2) is 12.1 Å². The summed E-state index contributed by atoms with van der Waals surface area (Å²) in [7, 11) is 0. The minimum absolute atomic E-state index is 0.0367. The molecular formula is C23H37ClN4O3. The molecule has 2 aliphatic heterocycles. The lowest BCUT2D eigenvalue weighted by atomic mass is 10.1. The van der Waals surface area contributed by atoms with Crippen LogP contribution in [0.1, 0.15) is 52.9 Å². The van der Waals surface area contributed by atoms with E-state index >= 15 is 0 Å². The molecule has 1 amide bonds. The van der Waals surface area contributed by atoms with Crippen LogP contribution >= 0.6 is 11.6 Å². The maximum Gasteiger partial charge on any atom is 0.410 e. The van der Waals surface area contributed by atoms with Gasteiger partial charge in [0.25, 0.3) is 0 Å². The highest BCUT2D eigenvalue weighted by Gasteiger charge is 2.27. The normalized spacial score (nSPS) is 20.4. The molecule has 2 saturated heterocycles. The minimum Gasteiger partial charge on any atom is -0.491 e. The summed E-state index contributed by atoms with van der Waals surface area (Å²) < 4.78 is 11.5. The molecule has 3 rings (SSSR count). The first kappa shape index (κ1) is 23.8. The van der Waals surface area contributed by atoms with E-state index in [1.54, 1.807) is 4.90 Å². The number of likely N-dealkylation sites (tertiary alicyclic amines) is 2. The molecular weight excluding hydrogens is 416 g/mol. The second-order valence-electron chi connectivity index (χ2n) is 9.50. The molecule has 0 radical (unpaired) electrons. The Kier molecular flexibility index (Phi) is 8.17. The average molecular weight is 453 g/mol. The molecule has 0 aromatic heterocycles. The Hall–Kier alpha value is -1.86. The van der Waals surface area contributed by atoms with E-state index < -0.39 is 5.60 Å². The Morgan fingerprint density at radius 2 is 1.90 bits per heavy atom. The number of carbonyl (C=O) groups excluding carboxylic acids is 1. The zero-order chi connectivity index (χ0) is 22.4. The molecule has 0 spiro atoms. The van der Waals surface area contributed by atoms with Gasteiger partial charge in [0.1, 0.15) is 23.0 Å². The summed E-state index contributed by atoms with van der Waals surface area (Å²) in [5, 5.41) is 3.98. The second kappa shape index (κ2) is 10.6. The Balaban J connectivity index is 1.63. The highest BCUT2D eigenvalue weighted by molar-refractivity contribution is 6.35. The smallest absolute Gasteiger partial charge is 0.410 e. The highest BCUT2D eigenvalue weighted by Crippen LogP contribution is 2.37. The summed E-state index contributed by atoms with van der Waals surface area (Å²) in [5.41, 5.74) is 6.97. The summed E-state index contributed by atoms with van der Waals surface area (Å²) >= 11 is 6.67. The first-order chi connectivity index (χ1) is 14.7. The number of ether oxygens (including phenoxy) is 2. The third-order valence-corrected chi connectivity index (χ3v) is 6.05. The molecule has 0 saturated carbocycles. The van der Waals surface area contributed by atoms with Crippen LogP contribution < -0.4 is 15.8 Å². The van der Waals surface area contributed by atoms with Crippen molar-refractivity contribution in [3.8, 4) is 5.75 Å². The number of rotatable bonds is 6. The van der Waals surface area contributed by atoms with E-state index in [1.165, 1.54) is 12.8 Å². The molecule has 8 heteroatoms. The van der Waals surface area contributed by atoms with Gasteiger partial charge in [-0.1, -0.05) is 11.6 Å². The van der Waals surface area contributed by atoms with Crippen molar-refractivity contribution in [3.63, 3.8) is 0 Å². The highest BCUT2D eigenvalue weighted by atomic mass is 35.5. The largest absolute Gasteiger partial charge is 0.491 e. The summed E-state index contributed by atoms with van der Waals surface area (Å²) in [6.07, 6.45) is 5.13. The predicted molar refractivity (Wildman–Crippen MR) is 126 cm³/mol. The number of halogens is 1. The van der Waals surface area contributed by atoms with Crippen LogP contribution in [-0.4, -0.2) is 66.9 Å². The number of nitrogen functional groups attached to an aromatic ring is 1. The van der Waals surface area contributed by atoms with Crippen LogP contribution in [0.5, 0.6) is 5.75 Å². The summed E-state index contributed by atoms with van der Waals surface area (Å²) in [4.78, 5) is 16.8. The Bertz CT molecular complexity index is 747. The lowest BCUT2D eigenvalue weighted by molar-refractivity contribution is 0.0252. The Morgan fingerprint density at radius 3 is 2.61 bits per heavy atom. The Labute approximate surface area is 191 Å². The first-order valence-corrected chi connectivity index (χ1v) is 11.8. The fourth-order valence-corrected chi connectivity index (χ4v) is 4.36. The number of carbonyl (C=O) groups is 1. The van der Waals surface area contributed by atoms with E-state index in [0.29, 0.717) is 41.8 Å². The summed E-state index contributed by atoms with van der Waals surface area (Å²) in [5.74, 6) is 0.634. The molecule has 1 aromatic rings. The minimum atomic E-state index is -0.513. The van der Waals surface area contributed by atoms with Gasteiger partial charge in [-0.05, 0) is 78.1 Å². The maximum absolute atomic E-state index is 12.6. The molecule has 2 fully saturated rings.